The molecule has 0 aliphatic carbocycles. The lowest BCUT2D eigenvalue weighted by atomic mass is 10.1. The Morgan fingerprint density at radius 1 is 1.10 bits per heavy atom. The van der Waals surface area contributed by atoms with Crippen molar-refractivity contribution < 1.29 is 14.3 Å². The van der Waals surface area contributed by atoms with Gasteiger partial charge in [0, 0.05) is 13.1 Å². The highest BCUT2D eigenvalue weighted by atomic mass is 35.5. The van der Waals surface area contributed by atoms with Crippen LogP contribution >= 0.6 is 23.2 Å². The molecule has 0 spiro atoms. The number of nitrogens with zero attached hydrogens (tertiary/aromatic N) is 1. The van der Waals surface area contributed by atoms with Gasteiger partial charge in [0.2, 0.25) is 5.91 Å². The Bertz CT molecular complexity index is 931. The molecule has 0 radical (unpaired) electrons. The maximum atomic E-state index is 13.1. The van der Waals surface area contributed by atoms with Crippen LogP contribution in [0.15, 0.2) is 30.3 Å². The van der Waals surface area contributed by atoms with E-state index in [9.17, 15) is 9.59 Å². The first-order valence-electron chi connectivity index (χ1n) is 9.85. The number of benzene rings is 2. The number of carbonyl (C=O) groups is 2. The Labute approximate surface area is 188 Å². The van der Waals surface area contributed by atoms with E-state index in [4.69, 9.17) is 27.9 Å². The third-order valence-electron chi connectivity index (χ3n) is 4.97. The monoisotopic (exact) mass is 450 g/mol. The van der Waals surface area contributed by atoms with Crippen LogP contribution < -0.4 is 10.1 Å². The van der Waals surface area contributed by atoms with Crippen LogP contribution in [0, 0.1) is 20.8 Å². The van der Waals surface area contributed by atoms with Crippen molar-refractivity contribution in [1.29, 1.82) is 0 Å². The molecule has 1 N–H and O–H groups in total. The second kappa shape index (κ2) is 10.7. The van der Waals surface area contributed by atoms with E-state index in [1.165, 1.54) is 4.90 Å². The van der Waals surface area contributed by atoms with Crippen LogP contribution in [0.5, 0.6) is 5.75 Å². The van der Waals surface area contributed by atoms with Crippen molar-refractivity contribution in [2.45, 2.75) is 47.2 Å². The van der Waals surface area contributed by atoms with Gasteiger partial charge < -0.3 is 15.0 Å². The van der Waals surface area contributed by atoms with Gasteiger partial charge in [0.1, 0.15) is 11.8 Å². The van der Waals surface area contributed by atoms with Crippen LogP contribution in [0.25, 0.3) is 0 Å². The molecule has 5 nitrogen and oxygen atoms in total. The maximum absolute atomic E-state index is 13.1. The fourth-order valence-electron chi connectivity index (χ4n) is 3.11. The molecule has 0 aliphatic heterocycles. The summed E-state index contributed by atoms with van der Waals surface area (Å²) in [6.07, 6.45) is 0. The SMILES string of the molecule is CCNC(=O)C(C)N(Cc1ccc(Cl)c(Cl)c1)C(=O)COc1cc(C)cc(C)c1C. The van der Waals surface area contributed by atoms with Crippen LogP contribution in [0.1, 0.15) is 36.1 Å². The lowest BCUT2D eigenvalue weighted by Crippen LogP contribution is -2.49. The number of halogens is 2. The molecule has 1 atom stereocenters. The predicted octanol–water partition coefficient (Wildman–Crippen LogP) is 4.85. The highest BCUT2D eigenvalue weighted by molar-refractivity contribution is 6.42. The molecule has 2 amide bonds. The van der Waals surface area contributed by atoms with Crippen molar-refractivity contribution in [3.05, 3.63) is 62.6 Å². The smallest absolute Gasteiger partial charge is 0.261 e. The number of rotatable bonds is 8. The van der Waals surface area contributed by atoms with E-state index in [2.05, 4.69) is 11.4 Å². The molecule has 0 aromatic heterocycles. The van der Waals surface area contributed by atoms with E-state index in [1.807, 2.05) is 33.8 Å². The molecule has 2 aromatic carbocycles. The largest absolute Gasteiger partial charge is 0.483 e. The number of ether oxygens (including phenoxy) is 1. The lowest BCUT2D eigenvalue weighted by Gasteiger charge is -2.29. The van der Waals surface area contributed by atoms with Gasteiger partial charge in [0.15, 0.2) is 6.61 Å². The molecule has 2 rings (SSSR count). The minimum atomic E-state index is -0.671. The molecular formula is C23H28Cl2N2O3. The molecule has 0 saturated carbocycles. The minimum Gasteiger partial charge on any atom is -0.483 e. The van der Waals surface area contributed by atoms with Crippen molar-refractivity contribution >= 4 is 35.0 Å². The normalized spacial score (nSPS) is 11.7. The van der Waals surface area contributed by atoms with Crippen molar-refractivity contribution in [2.24, 2.45) is 0 Å². The van der Waals surface area contributed by atoms with Gasteiger partial charge in [-0.15, -0.1) is 0 Å². The van der Waals surface area contributed by atoms with Gasteiger partial charge in [-0.3, -0.25) is 9.59 Å². The summed E-state index contributed by atoms with van der Waals surface area (Å²) in [5, 5.41) is 3.60. The zero-order valence-corrected chi connectivity index (χ0v) is 19.5. The summed E-state index contributed by atoms with van der Waals surface area (Å²) in [5.41, 5.74) is 3.92. The molecule has 0 saturated heterocycles. The molecule has 162 valence electrons. The van der Waals surface area contributed by atoms with E-state index in [0.717, 1.165) is 22.3 Å². The number of amides is 2. The van der Waals surface area contributed by atoms with Crippen LogP contribution in [0.4, 0.5) is 0 Å². The summed E-state index contributed by atoms with van der Waals surface area (Å²) in [6, 6.07) is 8.46. The highest BCUT2D eigenvalue weighted by Crippen LogP contribution is 2.25. The molecule has 30 heavy (non-hydrogen) atoms. The third kappa shape index (κ3) is 6.13. The summed E-state index contributed by atoms with van der Waals surface area (Å²) in [7, 11) is 0. The summed E-state index contributed by atoms with van der Waals surface area (Å²) in [4.78, 5) is 27.0. The Morgan fingerprint density at radius 3 is 2.43 bits per heavy atom. The summed E-state index contributed by atoms with van der Waals surface area (Å²) in [6.45, 7) is 10.00. The standard InChI is InChI=1S/C23H28Cl2N2O3/c1-6-26-23(29)17(5)27(12-18-7-8-19(24)20(25)11-18)22(28)13-30-21-10-14(2)9-15(3)16(21)4/h7-11,17H,6,12-13H2,1-5H3,(H,26,29). The first kappa shape index (κ1) is 24.0. The molecule has 7 heteroatoms. The number of hydrogen-bond donors (Lipinski definition) is 1. The molecule has 1 unspecified atom stereocenters. The lowest BCUT2D eigenvalue weighted by molar-refractivity contribution is -0.142. The van der Waals surface area contributed by atoms with Gasteiger partial charge in [-0.25, -0.2) is 0 Å². The molecule has 2 aromatic rings. The molecule has 0 bridgehead atoms. The zero-order valence-electron chi connectivity index (χ0n) is 18.0. The number of hydrogen-bond acceptors (Lipinski definition) is 3. The first-order valence-corrected chi connectivity index (χ1v) is 10.6. The number of carbonyl (C=O) groups excluding carboxylic acids is 2. The highest BCUT2D eigenvalue weighted by Gasteiger charge is 2.26. The van der Waals surface area contributed by atoms with Gasteiger partial charge in [-0.1, -0.05) is 35.3 Å². The van der Waals surface area contributed by atoms with Crippen molar-refractivity contribution in [1.82, 2.24) is 10.2 Å². The summed E-state index contributed by atoms with van der Waals surface area (Å²) < 4.78 is 5.84. The zero-order chi connectivity index (χ0) is 22.4. The van der Waals surface area contributed by atoms with Crippen molar-refractivity contribution in [2.75, 3.05) is 13.2 Å². The minimum absolute atomic E-state index is 0.172. The van der Waals surface area contributed by atoms with Gasteiger partial charge in [-0.05, 0) is 75.1 Å². The Hall–Kier alpha value is -2.24. The molecule has 0 aliphatic rings. The van der Waals surface area contributed by atoms with E-state index < -0.39 is 6.04 Å². The average molecular weight is 451 g/mol. The van der Waals surface area contributed by atoms with Gasteiger partial charge in [0.25, 0.3) is 5.91 Å². The topological polar surface area (TPSA) is 58.6 Å². The van der Waals surface area contributed by atoms with Crippen LogP contribution in [-0.4, -0.2) is 35.9 Å². The van der Waals surface area contributed by atoms with Crippen LogP contribution in [-0.2, 0) is 16.1 Å². The number of nitrogens with one attached hydrogen (secondary N) is 1. The van der Waals surface area contributed by atoms with E-state index in [-0.39, 0.29) is 25.0 Å². The fourth-order valence-corrected chi connectivity index (χ4v) is 3.43. The molecular weight excluding hydrogens is 423 g/mol. The van der Waals surface area contributed by atoms with Gasteiger partial charge in [-0.2, -0.15) is 0 Å². The number of likely N-dealkylation sites (N-methyl/N-ethyl adjacent to an activating group) is 1. The van der Waals surface area contributed by atoms with Crippen molar-refractivity contribution in [3.63, 3.8) is 0 Å². The second-order valence-corrected chi connectivity index (χ2v) is 8.15. The molecule has 0 heterocycles. The predicted molar refractivity (Wildman–Crippen MR) is 121 cm³/mol. The van der Waals surface area contributed by atoms with E-state index >= 15 is 0 Å². The average Bonchev–Trinajstić information content (AvgIpc) is 2.69. The van der Waals surface area contributed by atoms with E-state index in [1.54, 1.807) is 25.1 Å². The molecule has 0 fully saturated rings. The van der Waals surface area contributed by atoms with Gasteiger partial charge in [0.05, 0.1) is 10.0 Å². The Kier molecular flexibility index (Phi) is 8.56. The van der Waals surface area contributed by atoms with Gasteiger partial charge >= 0.3 is 0 Å². The maximum Gasteiger partial charge on any atom is 0.261 e. The van der Waals surface area contributed by atoms with Crippen LogP contribution in [0.3, 0.4) is 0 Å². The van der Waals surface area contributed by atoms with Crippen LogP contribution in [0.2, 0.25) is 10.0 Å². The Balaban J connectivity index is 2.23. The third-order valence-corrected chi connectivity index (χ3v) is 5.71. The Morgan fingerprint density at radius 2 is 1.80 bits per heavy atom. The quantitative estimate of drug-likeness (QED) is 0.624. The summed E-state index contributed by atoms with van der Waals surface area (Å²) in [5.74, 6) is 0.146. The van der Waals surface area contributed by atoms with E-state index in [0.29, 0.717) is 22.3 Å². The van der Waals surface area contributed by atoms with Crippen molar-refractivity contribution in [3.8, 4) is 5.75 Å². The first-order chi connectivity index (χ1) is 14.1. The second-order valence-electron chi connectivity index (χ2n) is 7.33. The fraction of sp³-hybridized carbons (Fsp3) is 0.391. The number of aryl methyl sites for hydroxylation is 2. The summed E-state index contributed by atoms with van der Waals surface area (Å²) >= 11 is 12.1.